The molecule has 140 valence electrons. The number of anilines is 1. The molecule has 1 atom stereocenters. The summed E-state index contributed by atoms with van der Waals surface area (Å²) in [6.07, 6.45) is 0.318. The maximum absolute atomic E-state index is 14.2. The zero-order chi connectivity index (χ0) is 19.2. The van der Waals surface area contributed by atoms with Crippen LogP contribution in [0, 0.1) is 5.82 Å². The van der Waals surface area contributed by atoms with Crippen molar-refractivity contribution in [1.82, 2.24) is 4.90 Å². The number of benzene rings is 2. The zero-order valence-corrected chi connectivity index (χ0v) is 16.3. The Bertz CT molecular complexity index is 938. The van der Waals surface area contributed by atoms with Crippen molar-refractivity contribution < 1.29 is 14.0 Å². The normalized spacial score (nSPS) is 21.2. The molecule has 0 aliphatic carbocycles. The van der Waals surface area contributed by atoms with E-state index in [1.807, 2.05) is 0 Å². The molecule has 1 unspecified atom stereocenters. The van der Waals surface area contributed by atoms with Crippen LogP contribution in [0.25, 0.3) is 0 Å². The first kappa shape index (κ1) is 18.3. The largest absolute Gasteiger partial charge is 0.315 e. The Hall–Kier alpha value is -2.05. The van der Waals surface area contributed by atoms with E-state index in [0.29, 0.717) is 40.6 Å². The van der Waals surface area contributed by atoms with Gasteiger partial charge in [-0.25, -0.2) is 4.39 Å². The molecular formula is C20H18ClFN2O2S. The lowest BCUT2D eigenvalue weighted by Gasteiger charge is -2.33. The minimum atomic E-state index is -1.11. The smallest absolute Gasteiger partial charge is 0.268 e. The van der Waals surface area contributed by atoms with Crippen molar-refractivity contribution in [2.75, 3.05) is 17.2 Å². The number of hydrogen-bond donors (Lipinski definition) is 0. The predicted molar refractivity (Wildman–Crippen MR) is 105 cm³/mol. The molecule has 1 saturated heterocycles. The first-order valence-corrected chi connectivity index (χ1v) is 10.1. The molecule has 2 aliphatic rings. The van der Waals surface area contributed by atoms with Gasteiger partial charge in [0.05, 0.1) is 12.2 Å². The summed E-state index contributed by atoms with van der Waals surface area (Å²) in [5, 5.41) is 0.505. The van der Waals surface area contributed by atoms with Crippen LogP contribution in [-0.4, -0.2) is 29.0 Å². The molecule has 2 aliphatic heterocycles. The van der Waals surface area contributed by atoms with Gasteiger partial charge in [-0.3, -0.25) is 9.59 Å². The summed E-state index contributed by atoms with van der Waals surface area (Å²) in [5.74, 6) is 0.0124. The highest BCUT2D eigenvalue weighted by Crippen LogP contribution is 2.55. The van der Waals surface area contributed by atoms with Crippen molar-refractivity contribution in [3.63, 3.8) is 0 Å². The maximum Gasteiger partial charge on any atom is 0.268 e. The summed E-state index contributed by atoms with van der Waals surface area (Å²) >= 11 is 7.67. The second kappa shape index (κ2) is 6.84. The van der Waals surface area contributed by atoms with Gasteiger partial charge in [0.1, 0.15) is 5.82 Å². The van der Waals surface area contributed by atoms with Gasteiger partial charge < -0.3 is 9.80 Å². The quantitative estimate of drug-likeness (QED) is 0.771. The molecule has 2 amide bonds. The molecule has 7 heteroatoms. The second-order valence-electron chi connectivity index (χ2n) is 6.54. The van der Waals surface area contributed by atoms with Gasteiger partial charge in [0.2, 0.25) is 5.91 Å². The van der Waals surface area contributed by atoms with Gasteiger partial charge in [-0.15, -0.1) is 11.8 Å². The Morgan fingerprint density at radius 2 is 2.07 bits per heavy atom. The van der Waals surface area contributed by atoms with Crippen LogP contribution < -0.4 is 4.90 Å². The molecule has 2 aromatic carbocycles. The second-order valence-corrected chi connectivity index (χ2v) is 8.26. The van der Waals surface area contributed by atoms with Gasteiger partial charge in [0.15, 0.2) is 4.87 Å². The third kappa shape index (κ3) is 2.74. The molecule has 27 heavy (non-hydrogen) atoms. The van der Waals surface area contributed by atoms with E-state index in [1.54, 1.807) is 53.1 Å². The first-order valence-electron chi connectivity index (χ1n) is 8.79. The molecule has 0 aromatic heterocycles. The number of carbonyl (C=O) groups is 2. The molecule has 4 nitrogen and oxygen atoms in total. The van der Waals surface area contributed by atoms with Crippen molar-refractivity contribution >= 4 is 40.9 Å². The lowest BCUT2D eigenvalue weighted by molar-refractivity contribution is -0.139. The highest BCUT2D eigenvalue weighted by molar-refractivity contribution is 8.01. The molecule has 1 fully saturated rings. The van der Waals surface area contributed by atoms with E-state index in [-0.39, 0.29) is 24.2 Å². The summed E-state index contributed by atoms with van der Waals surface area (Å²) in [5.41, 5.74) is 1.82. The van der Waals surface area contributed by atoms with Gasteiger partial charge in [0, 0.05) is 34.9 Å². The number of carbonyl (C=O) groups excluding carboxylic acids is 2. The van der Waals surface area contributed by atoms with Gasteiger partial charge in [-0.2, -0.15) is 0 Å². The summed E-state index contributed by atoms with van der Waals surface area (Å²) in [6.45, 7) is 2.40. The van der Waals surface area contributed by atoms with Crippen LogP contribution in [0.3, 0.4) is 0 Å². The number of hydrogen-bond acceptors (Lipinski definition) is 3. The maximum atomic E-state index is 14.2. The lowest BCUT2D eigenvalue weighted by atomic mass is 10.1. The minimum Gasteiger partial charge on any atom is -0.315 e. The van der Waals surface area contributed by atoms with Crippen molar-refractivity contribution in [3.05, 3.63) is 64.4 Å². The van der Waals surface area contributed by atoms with Crippen molar-refractivity contribution in [2.45, 2.75) is 24.8 Å². The SMILES string of the molecule is CCC(=O)N1CCSC12C(=O)N(Cc1ccccc1F)c1ccc(Cl)cc12. The van der Waals surface area contributed by atoms with Gasteiger partial charge >= 0.3 is 0 Å². The van der Waals surface area contributed by atoms with Crippen LogP contribution in [0.4, 0.5) is 10.1 Å². The fraction of sp³-hybridized carbons (Fsp3) is 0.300. The third-order valence-electron chi connectivity index (χ3n) is 5.05. The number of amides is 2. The molecule has 2 aromatic rings. The van der Waals surface area contributed by atoms with E-state index in [9.17, 15) is 14.0 Å². The molecule has 2 heterocycles. The van der Waals surface area contributed by atoms with Gasteiger partial charge in [-0.1, -0.05) is 36.7 Å². The fourth-order valence-corrected chi connectivity index (χ4v) is 5.43. The molecule has 4 rings (SSSR count). The summed E-state index contributed by atoms with van der Waals surface area (Å²) in [7, 11) is 0. The van der Waals surface area contributed by atoms with Crippen LogP contribution in [0.5, 0.6) is 0 Å². The molecule has 0 radical (unpaired) electrons. The molecule has 0 bridgehead atoms. The van der Waals surface area contributed by atoms with E-state index in [2.05, 4.69) is 0 Å². The molecule has 1 spiro atoms. The van der Waals surface area contributed by atoms with E-state index in [0.717, 1.165) is 0 Å². The molecule has 0 saturated carbocycles. The average Bonchev–Trinajstić information content (AvgIpc) is 3.20. The summed E-state index contributed by atoms with van der Waals surface area (Å²) in [4.78, 5) is 28.3. The Balaban J connectivity index is 1.84. The van der Waals surface area contributed by atoms with Crippen LogP contribution >= 0.6 is 23.4 Å². The number of thioether (sulfide) groups is 1. The van der Waals surface area contributed by atoms with Crippen molar-refractivity contribution in [1.29, 1.82) is 0 Å². The van der Waals surface area contributed by atoms with Crippen LogP contribution in [-0.2, 0) is 21.0 Å². The Labute approximate surface area is 166 Å². The number of halogens is 2. The Kier molecular flexibility index (Phi) is 4.64. The zero-order valence-electron chi connectivity index (χ0n) is 14.7. The standard InChI is InChI=1S/C20H18ClFN2O2S/c1-2-18(25)24-9-10-27-20(24)15-11-14(21)7-8-17(15)23(19(20)26)12-13-5-3-4-6-16(13)22/h3-8,11H,2,9-10,12H2,1H3. The average molecular weight is 405 g/mol. The number of fused-ring (bicyclic) bond motifs is 2. The van der Waals surface area contributed by atoms with Crippen LogP contribution in [0.1, 0.15) is 24.5 Å². The van der Waals surface area contributed by atoms with Crippen molar-refractivity contribution in [2.24, 2.45) is 0 Å². The number of nitrogens with zero attached hydrogens (tertiary/aromatic N) is 2. The van der Waals surface area contributed by atoms with Gasteiger partial charge in [0.25, 0.3) is 5.91 Å². The lowest BCUT2D eigenvalue weighted by Crippen LogP contribution is -2.50. The fourth-order valence-electron chi connectivity index (χ4n) is 3.79. The highest BCUT2D eigenvalue weighted by atomic mass is 35.5. The first-order chi connectivity index (χ1) is 13.0. The van der Waals surface area contributed by atoms with Crippen LogP contribution in [0.2, 0.25) is 5.02 Å². The predicted octanol–water partition coefficient (Wildman–Crippen LogP) is 4.16. The summed E-state index contributed by atoms with van der Waals surface area (Å²) < 4.78 is 14.2. The highest BCUT2D eigenvalue weighted by Gasteiger charge is 2.59. The van der Waals surface area contributed by atoms with Crippen LogP contribution in [0.15, 0.2) is 42.5 Å². The number of rotatable bonds is 3. The monoisotopic (exact) mass is 404 g/mol. The molecular weight excluding hydrogens is 387 g/mol. The third-order valence-corrected chi connectivity index (χ3v) is 6.70. The Morgan fingerprint density at radius 1 is 1.30 bits per heavy atom. The van der Waals surface area contributed by atoms with E-state index in [4.69, 9.17) is 11.6 Å². The van der Waals surface area contributed by atoms with E-state index in [1.165, 1.54) is 17.8 Å². The Morgan fingerprint density at radius 3 is 2.81 bits per heavy atom. The van der Waals surface area contributed by atoms with E-state index >= 15 is 0 Å². The minimum absolute atomic E-state index is 0.0768. The van der Waals surface area contributed by atoms with Crippen molar-refractivity contribution in [3.8, 4) is 0 Å². The topological polar surface area (TPSA) is 40.6 Å². The van der Waals surface area contributed by atoms with E-state index < -0.39 is 4.87 Å². The summed E-state index contributed by atoms with van der Waals surface area (Å²) in [6, 6.07) is 11.7. The van der Waals surface area contributed by atoms with Gasteiger partial charge in [-0.05, 0) is 24.3 Å². The molecule has 0 N–H and O–H groups in total.